The fourth-order valence-corrected chi connectivity index (χ4v) is 5.63. The highest BCUT2D eigenvalue weighted by Gasteiger charge is 2.39. The summed E-state index contributed by atoms with van der Waals surface area (Å²) in [5.74, 6) is -0.565. The zero-order valence-corrected chi connectivity index (χ0v) is 24.6. The summed E-state index contributed by atoms with van der Waals surface area (Å²) in [7, 11) is 0. The van der Waals surface area contributed by atoms with Crippen molar-refractivity contribution >= 4 is 17.6 Å². The van der Waals surface area contributed by atoms with Crippen LogP contribution in [0.5, 0.6) is 0 Å². The predicted octanol–water partition coefficient (Wildman–Crippen LogP) is 5.81. The van der Waals surface area contributed by atoms with Crippen LogP contribution in [0.25, 0.3) is 0 Å². The van der Waals surface area contributed by atoms with Gasteiger partial charge in [0.2, 0.25) is 0 Å². The van der Waals surface area contributed by atoms with E-state index in [-0.39, 0.29) is 35.5 Å². The Hall–Kier alpha value is -2.48. The predicted molar refractivity (Wildman–Crippen MR) is 156 cm³/mol. The van der Waals surface area contributed by atoms with Gasteiger partial charge in [0.1, 0.15) is 6.61 Å². The van der Waals surface area contributed by atoms with Crippen LogP contribution in [0.2, 0.25) is 0 Å². The molecule has 39 heavy (non-hydrogen) atoms. The van der Waals surface area contributed by atoms with E-state index in [0.717, 1.165) is 57.5 Å². The Morgan fingerprint density at radius 1 is 1.23 bits per heavy atom. The van der Waals surface area contributed by atoms with Gasteiger partial charge in [0.25, 0.3) is 5.91 Å². The van der Waals surface area contributed by atoms with Gasteiger partial charge in [0, 0.05) is 37.2 Å². The average Bonchev–Trinajstić information content (AvgIpc) is 3.07. The summed E-state index contributed by atoms with van der Waals surface area (Å²) in [5, 5.41) is 9.21. The number of aromatic carboxylic acids is 1. The Morgan fingerprint density at radius 3 is 2.59 bits per heavy atom. The van der Waals surface area contributed by atoms with Gasteiger partial charge in [-0.1, -0.05) is 51.0 Å². The molecule has 0 aliphatic carbocycles. The molecule has 7 nitrogen and oxygen atoms in total. The maximum Gasteiger partial charge on any atom is 0.335 e. The molecule has 2 saturated heterocycles. The second-order valence-electron chi connectivity index (χ2n) is 12.1. The van der Waals surface area contributed by atoms with Gasteiger partial charge in [-0.25, -0.2) is 4.79 Å². The highest BCUT2D eigenvalue weighted by molar-refractivity contribution is 5.95. The lowest BCUT2D eigenvalue weighted by Gasteiger charge is -2.43. The normalized spacial score (nSPS) is 24.1. The van der Waals surface area contributed by atoms with Crippen molar-refractivity contribution in [3.63, 3.8) is 0 Å². The van der Waals surface area contributed by atoms with Gasteiger partial charge in [-0.3, -0.25) is 9.69 Å². The van der Waals surface area contributed by atoms with Crippen LogP contribution in [0.3, 0.4) is 0 Å². The Labute approximate surface area is 234 Å². The molecule has 1 N–H and O–H groups in total. The molecule has 0 bridgehead atoms. The first-order valence-corrected chi connectivity index (χ1v) is 14.4. The minimum atomic E-state index is -0.976. The molecule has 3 atom stereocenters. The monoisotopic (exact) mass is 540 g/mol. The lowest BCUT2D eigenvalue weighted by Crippen LogP contribution is -2.41. The maximum absolute atomic E-state index is 12.8. The van der Waals surface area contributed by atoms with Gasteiger partial charge < -0.3 is 19.5 Å². The molecule has 0 spiro atoms. The number of carbonyl (C=O) groups is 2. The smallest absolute Gasteiger partial charge is 0.335 e. The number of unbranched alkanes of at least 4 members (excludes halogenated alkanes) is 1. The van der Waals surface area contributed by atoms with Gasteiger partial charge in [0.15, 0.2) is 0 Å². The van der Waals surface area contributed by atoms with E-state index in [2.05, 4.69) is 52.2 Å². The minimum absolute atomic E-state index is 0.0434. The van der Waals surface area contributed by atoms with Crippen LogP contribution in [0.15, 0.2) is 48.1 Å². The third-order valence-corrected chi connectivity index (χ3v) is 8.12. The van der Waals surface area contributed by atoms with E-state index in [9.17, 15) is 14.7 Å². The average molecular weight is 541 g/mol. The van der Waals surface area contributed by atoms with Crippen molar-refractivity contribution in [3.05, 3.63) is 53.6 Å². The van der Waals surface area contributed by atoms with Crippen molar-refractivity contribution in [3.8, 4) is 0 Å². The number of hydrogen-bond acceptors (Lipinski definition) is 5. The fraction of sp³-hybridized carbons (Fsp3) is 0.625. The van der Waals surface area contributed by atoms with Gasteiger partial charge >= 0.3 is 5.97 Å². The van der Waals surface area contributed by atoms with E-state index in [0.29, 0.717) is 24.8 Å². The van der Waals surface area contributed by atoms with Crippen LogP contribution in [0.1, 0.15) is 70.7 Å². The third-order valence-electron chi connectivity index (χ3n) is 8.12. The lowest BCUT2D eigenvalue weighted by atomic mass is 9.70. The minimum Gasteiger partial charge on any atom is -0.478 e. The number of carboxylic acid groups (broad SMARTS) is 1. The van der Waals surface area contributed by atoms with Crippen molar-refractivity contribution < 1.29 is 24.2 Å². The summed E-state index contributed by atoms with van der Waals surface area (Å²) >= 11 is 0. The summed E-state index contributed by atoms with van der Waals surface area (Å²) in [5.41, 5.74) is 3.53. The number of nitrogens with zero attached hydrogens (tertiary/aromatic N) is 2. The van der Waals surface area contributed by atoms with E-state index >= 15 is 0 Å². The number of rotatable bonds is 12. The van der Waals surface area contributed by atoms with Crippen LogP contribution >= 0.6 is 0 Å². The highest BCUT2D eigenvalue weighted by Crippen LogP contribution is 2.41. The van der Waals surface area contributed by atoms with E-state index in [1.165, 1.54) is 5.57 Å². The summed E-state index contributed by atoms with van der Waals surface area (Å²) < 4.78 is 11.9. The largest absolute Gasteiger partial charge is 0.478 e. The van der Waals surface area contributed by atoms with E-state index in [1.807, 2.05) is 0 Å². The number of ether oxygens (including phenoxy) is 2. The zero-order chi connectivity index (χ0) is 28.6. The van der Waals surface area contributed by atoms with Crippen LogP contribution < -0.4 is 4.90 Å². The number of carbonyl (C=O) groups excluding carboxylic acids is 1. The number of amides is 1. The van der Waals surface area contributed by atoms with E-state index in [1.54, 1.807) is 29.2 Å². The molecular formula is C32H48N2O5. The molecule has 0 saturated carbocycles. The Kier molecular flexibility index (Phi) is 11.3. The molecule has 7 heteroatoms. The fourth-order valence-electron chi connectivity index (χ4n) is 5.63. The van der Waals surface area contributed by atoms with Crippen LogP contribution in [0, 0.1) is 17.3 Å². The van der Waals surface area contributed by atoms with Crippen molar-refractivity contribution in [1.29, 1.82) is 0 Å². The number of benzene rings is 1. The van der Waals surface area contributed by atoms with Crippen LogP contribution in [0.4, 0.5) is 5.69 Å². The maximum atomic E-state index is 12.8. The van der Waals surface area contributed by atoms with Crippen LogP contribution in [-0.2, 0) is 14.3 Å². The summed E-state index contributed by atoms with van der Waals surface area (Å²) in [4.78, 5) is 28.3. The number of hydrogen-bond donors (Lipinski definition) is 1. The Morgan fingerprint density at radius 2 is 1.95 bits per heavy atom. The van der Waals surface area contributed by atoms with Crippen LogP contribution in [-0.4, -0.2) is 74.0 Å². The topological polar surface area (TPSA) is 79.3 Å². The summed E-state index contributed by atoms with van der Waals surface area (Å²) in [6.07, 6.45) is 6.72. The van der Waals surface area contributed by atoms with Crippen molar-refractivity contribution in [2.24, 2.45) is 17.3 Å². The molecule has 1 aromatic carbocycles. The van der Waals surface area contributed by atoms with Gasteiger partial charge in [0.05, 0.1) is 18.3 Å². The van der Waals surface area contributed by atoms with Crippen molar-refractivity contribution in [1.82, 2.24) is 4.90 Å². The molecule has 2 heterocycles. The third kappa shape index (κ3) is 8.75. The molecule has 1 aromatic rings. The van der Waals surface area contributed by atoms with Gasteiger partial charge in [-0.05, 0) is 75.9 Å². The zero-order valence-electron chi connectivity index (χ0n) is 24.6. The highest BCUT2D eigenvalue weighted by atomic mass is 16.5. The molecule has 2 aliphatic rings. The second kappa shape index (κ2) is 14.2. The summed E-state index contributed by atoms with van der Waals surface area (Å²) in [6, 6.07) is 6.51. The molecule has 2 fully saturated rings. The quantitative estimate of drug-likeness (QED) is 0.337. The van der Waals surface area contributed by atoms with Gasteiger partial charge in [-0.15, -0.1) is 0 Å². The molecular weight excluding hydrogens is 492 g/mol. The van der Waals surface area contributed by atoms with Crippen molar-refractivity contribution in [2.75, 3.05) is 50.9 Å². The summed E-state index contributed by atoms with van der Waals surface area (Å²) in [6.45, 7) is 20.2. The molecule has 3 unspecified atom stereocenters. The number of anilines is 1. The second-order valence-corrected chi connectivity index (χ2v) is 12.1. The van der Waals surface area contributed by atoms with E-state index in [4.69, 9.17) is 9.47 Å². The van der Waals surface area contributed by atoms with Crippen molar-refractivity contribution in [2.45, 2.75) is 66.4 Å². The number of carboxylic acids is 1. The molecule has 3 rings (SSSR count). The Bertz CT molecular complexity index is 1020. The SMILES string of the molecule is C=C(C)C1OCCC(C)(C)C1/C=C(\C)CN(CCCC)CCC1COCC(=O)N(c2ccc(C(=O)O)cc2)C1. The molecule has 0 radical (unpaired) electrons. The first-order chi connectivity index (χ1) is 18.5. The molecule has 2 aliphatic heterocycles. The standard InChI is InChI=1S/C32H48N2O5/c1-7-8-15-33(19-24(4)18-28-30(23(2)3)39-17-14-32(28,5)6)16-13-25-20-34(29(35)22-38-21-25)27-11-9-26(10-12-27)31(36)37/h9-12,18,25,28,30H,2,7-8,13-17,19-22H2,1,3-6H3,(H,36,37)/b24-18+. The molecule has 1 amide bonds. The Balaban J connectivity index is 1.67. The lowest BCUT2D eigenvalue weighted by molar-refractivity contribution is -0.122. The molecule has 216 valence electrons. The molecule has 0 aromatic heterocycles. The van der Waals surface area contributed by atoms with Gasteiger partial charge in [-0.2, -0.15) is 0 Å². The van der Waals surface area contributed by atoms with E-state index < -0.39 is 5.97 Å². The first-order valence-electron chi connectivity index (χ1n) is 14.4. The first kappa shape index (κ1) is 31.1.